The minimum atomic E-state index is -1.56. The van der Waals surface area contributed by atoms with Crippen molar-refractivity contribution in [2.24, 2.45) is 23.7 Å². The fourth-order valence-electron chi connectivity index (χ4n) is 8.71. The third-order valence-electron chi connectivity index (χ3n) is 10.7. The van der Waals surface area contributed by atoms with Gasteiger partial charge in [-0.3, -0.25) is 0 Å². The molecule has 2 aromatic rings. The second kappa shape index (κ2) is 12.6. The lowest BCUT2D eigenvalue weighted by molar-refractivity contribution is -0.645. The van der Waals surface area contributed by atoms with E-state index in [0.717, 1.165) is 31.8 Å². The van der Waals surface area contributed by atoms with Crippen molar-refractivity contribution >= 4 is 23.6 Å². The molecule has 5 N–H and O–H groups in total. The Balaban J connectivity index is 1.13. The van der Waals surface area contributed by atoms with Gasteiger partial charge >= 0.3 is 5.97 Å². The van der Waals surface area contributed by atoms with Crippen LogP contribution in [0.1, 0.15) is 48.8 Å². The number of aliphatic hydroxyl groups excluding tert-OH is 4. The van der Waals surface area contributed by atoms with Crippen molar-refractivity contribution in [1.82, 2.24) is 0 Å². The molecule has 2 saturated heterocycles. The van der Waals surface area contributed by atoms with Crippen molar-refractivity contribution in [3.05, 3.63) is 64.2 Å². The lowest BCUT2D eigenvalue weighted by Crippen LogP contribution is -2.76. The fraction of sp³-hybridized carbons (Fsp3) is 0.559. The Morgan fingerprint density at radius 2 is 1.64 bits per heavy atom. The number of carbonyl (C=O) groups is 1. The van der Waals surface area contributed by atoms with Crippen molar-refractivity contribution in [2.45, 2.75) is 80.8 Å². The summed E-state index contributed by atoms with van der Waals surface area (Å²) < 4.78 is 23.6. The molecular formula is C34H39ClO12. The van der Waals surface area contributed by atoms with Crippen LogP contribution in [0.2, 0.25) is 5.02 Å². The van der Waals surface area contributed by atoms with Crippen LogP contribution < -0.4 is 9.47 Å². The summed E-state index contributed by atoms with van der Waals surface area (Å²) >= 11 is 7.13. The highest BCUT2D eigenvalue weighted by atomic mass is 35.5. The average Bonchev–Trinajstić information content (AvgIpc) is 3.04. The Hall–Kier alpha value is -2.78. The van der Waals surface area contributed by atoms with Crippen molar-refractivity contribution in [3.8, 4) is 11.5 Å². The summed E-state index contributed by atoms with van der Waals surface area (Å²) in [6.07, 6.45) is 0.913. The third kappa shape index (κ3) is 5.34. The molecule has 1 spiro atoms. The van der Waals surface area contributed by atoms with Gasteiger partial charge in [0, 0.05) is 24.3 Å². The van der Waals surface area contributed by atoms with E-state index in [1.807, 2.05) is 0 Å². The zero-order valence-electron chi connectivity index (χ0n) is 25.7. The Morgan fingerprint density at radius 1 is 0.957 bits per heavy atom. The number of carboxylic acids is 1. The number of aliphatic carboxylic acids is 1. The molecule has 13 heteroatoms. The first-order chi connectivity index (χ1) is 22.6. The first-order valence-electron chi connectivity index (χ1n) is 15.9. The van der Waals surface area contributed by atoms with Gasteiger partial charge < -0.3 is 44.5 Å². The predicted octanol–water partition coefficient (Wildman–Crippen LogP) is 3.15. The maximum Gasteiger partial charge on any atom is 0.328 e. The summed E-state index contributed by atoms with van der Waals surface area (Å²) in [6, 6.07) is 10.2. The summed E-state index contributed by atoms with van der Waals surface area (Å²) in [6.45, 7) is -0.517. The Morgan fingerprint density at radius 3 is 2.21 bits per heavy atom. The van der Waals surface area contributed by atoms with E-state index in [1.165, 1.54) is 12.5 Å². The number of halogens is 1. The molecule has 2 aliphatic heterocycles. The van der Waals surface area contributed by atoms with Crippen LogP contribution in [-0.4, -0.2) is 81.5 Å². The number of rotatable bonds is 10. The molecule has 0 radical (unpaired) electrons. The van der Waals surface area contributed by atoms with Crippen LogP contribution in [0.5, 0.6) is 11.5 Å². The first kappa shape index (κ1) is 32.8. The average molecular weight is 675 g/mol. The maximum atomic E-state index is 11.4. The molecule has 0 amide bonds. The van der Waals surface area contributed by atoms with Crippen LogP contribution in [0.25, 0.3) is 6.08 Å². The molecule has 254 valence electrons. The van der Waals surface area contributed by atoms with Crippen molar-refractivity contribution in [1.29, 1.82) is 0 Å². The van der Waals surface area contributed by atoms with E-state index in [4.69, 9.17) is 40.3 Å². The summed E-state index contributed by atoms with van der Waals surface area (Å²) in [5, 5.41) is 49.3. The summed E-state index contributed by atoms with van der Waals surface area (Å²) in [4.78, 5) is 23.4. The minimum Gasteiger partial charge on any atom is -0.487 e. The molecular weight excluding hydrogens is 636 g/mol. The molecule has 8 rings (SSSR count). The van der Waals surface area contributed by atoms with Gasteiger partial charge in [-0.2, -0.15) is 4.89 Å². The molecule has 1 unspecified atom stereocenters. The monoisotopic (exact) mass is 674 g/mol. The Labute approximate surface area is 276 Å². The fourth-order valence-corrected chi connectivity index (χ4v) is 9.06. The molecule has 4 saturated carbocycles. The molecule has 4 bridgehead atoms. The van der Waals surface area contributed by atoms with E-state index in [9.17, 15) is 30.3 Å². The van der Waals surface area contributed by atoms with Crippen LogP contribution in [0.3, 0.4) is 0 Å². The number of hydrogen-bond donors (Lipinski definition) is 5. The van der Waals surface area contributed by atoms with Crippen molar-refractivity contribution in [2.75, 3.05) is 13.7 Å². The normalized spacial score (nSPS) is 38.9. The highest BCUT2D eigenvalue weighted by Crippen LogP contribution is 2.70. The topological polar surface area (TPSA) is 174 Å². The van der Waals surface area contributed by atoms with E-state index in [2.05, 4.69) is 0 Å². The Bertz CT molecular complexity index is 1480. The van der Waals surface area contributed by atoms with Gasteiger partial charge in [-0.05, 0) is 79.5 Å². The molecule has 2 aromatic carbocycles. The van der Waals surface area contributed by atoms with E-state index in [-0.39, 0.29) is 29.2 Å². The predicted molar refractivity (Wildman–Crippen MR) is 164 cm³/mol. The number of benzene rings is 2. The van der Waals surface area contributed by atoms with E-state index in [0.29, 0.717) is 34.3 Å². The summed E-state index contributed by atoms with van der Waals surface area (Å²) in [5.74, 6) is 0.0997. The third-order valence-corrected chi connectivity index (χ3v) is 11.1. The Kier molecular flexibility index (Phi) is 8.77. The number of methoxy groups -OCH3 is 1. The lowest BCUT2D eigenvalue weighted by atomic mass is 9.47. The van der Waals surface area contributed by atoms with Gasteiger partial charge in [-0.15, -0.1) is 0 Å². The second-order valence-electron chi connectivity index (χ2n) is 13.3. The van der Waals surface area contributed by atoms with Gasteiger partial charge in [0.05, 0.1) is 11.6 Å². The van der Waals surface area contributed by atoms with Gasteiger partial charge in [0.2, 0.25) is 6.29 Å². The summed E-state index contributed by atoms with van der Waals surface area (Å²) in [5.41, 5.74) is 1.05. The van der Waals surface area contributed by atoms with Crippen LogP contribution >= 0.6 is 11.6 Å². The van der Waals surface area contributed by atoms with Gasteiger partial charge in [0.15, 0.2) is 5.60 Å². The van der Waals surface area contributed by atoms with Gasteiger partial charge in [-0.1, -0.05) is 35.9 Å². The number of hydrogen-bond acceptors (Lipinski definition) is 11. The lowest BCUT2D eigenvalue weighted by Gasteiger charge is -2.68. The minimum absolute atomic E-state index is 0.0501. The number of aliphatic hydroxyl groups is 4. The molecule has 6 aliphatic rings. The van der Waals surface area contributed by atoms with Crippen molar-refractivity contribution < 1.29 is 59.0 Å². The second-order valence-corrected chi connectivity index (χ2v) is 13.7. The van der Waals surface area contributed by atoms with Gasteiger partial charge in [-0.25, -0.2) is 9.68 Å². The van der Waals surface area contributed by atoms with Crippen LogP contribution in [0, 0.1) is 23.7 Å². The zero-order valence-corrected chi connectivity index (χ0v) is 26.5. The molecule has 47 heavy (non-hydrogen) atoms. The van der Waals surface area contributed by atoms with Crippen LogP contribution in [0.15, 0.2) is 42.5 Å². The standard InChI is InChI=1S/C34H39ClO12/c1-42-34(33(46-47-34)21-11-18-10-19(13-21)14-22(33)12-18)24-8-4-20(5-9-26(37)38)31(27(24)35)43-16-17-2-6-23(7-3-17)44-32-30(41)29(40)28(39)25(15-36)45-32/h2-9,18-19,21-22,25,28-30,32,36,39-41H,10-16H2,1H3,(H,37,38)/b9-5+/t18?,19?,21?,22?,25-,28-,29+,30-,32-,33?,34?/m1/s1. The number of ether oxygens (including phenoxy) is 4. The SMILES string of the molecule is COC1(c2ccc(/C=C/C(=O)O)c(OCc3ccc(O[C@@H]4O[C@H](CO)[C@@H](O)[C@H](O)[C@H]4O)cc3)c2Cl)OOC12C1CC3CC(C1)CC2C3. The molecule has 6 atom stereocenters. The highest BCUT2D eigenvalue weighted by Gasteiger charge is 2.77. The van der Waals surface area contributed by atoms with E-state index < -0.39 is 54.7 Å². The number of carboxylic acid groups (broad SMARTS) is 1. The quantitative estimate of drug-likeness (QED) is 0.184. The van der Waals surface area contributed by atoms with Gasteiger partial charge in [0.25, 0.3) is 5.79 Å². The van der Waals surface area contributed by atoms with Crippen LogP contribution in [-0.2, 0) is 36.4 Å². The van der Waals surface area contributed by atoms with E-state index in [1.54, 1.807) is 43.5 Å². The van der Waals surface area contributed by atoms with Crippen LogP contribution in [0.4, 0.5) is 0 Å². The smallest absolute Gasteiger partial charge is 0.328 e. The molecule has 6 fully saturated rings. The van der Waals surface area contributed by atoms with Gasteiger partial charge in [0.1, 0.15) is 42.5 Å². The molecule has 12 nitrogen and oxygen atoms in total. The molecule has 4 aliphatic carbocycles. The molecule has 2 heterocycles. The van der Waals surface area contributed by atoms with E-state index >= 15 is 0 Å². The highest BCUT2D eigenvalue weighted by molar-refractivity contribution is 6.33. The maximum absolute atomic E-state index is 11.4. The zero-order chi connectivity index (χ0) is 33.1. The first-order valence-corrected chi connectivity index (χ1v) is 16.3. The largest absolute Gasteiger partial charge is 0.487 e. The molecule has 0 aromatic heterocycles. The summed E-state index contributed by atoms with van der Waals surface area (Å²) in [7, 11) is 1.60. The van der Waals surface area contributed by atoms with Crippen molar-refractivity contribution in [3.63, 3.8) is 0 Å².